The van der Waals surface area contributed by atoms with Crippen molar-refractivity contribution in [2.24, 2.45) is 0 Å². The summed E-state index contributed by atoms with van der Waals surface area (Å²) in [5.41, 5.74) is 0. The molecule has 0 spiro atoms. The minimum absolute atomic E-state index is 0.281. The maximum Gasteiger partial charge on any atom is 0.335 e. The van der Waals surface area contributed by atoms with E-state index in [2.05, 4.69) is 5.32 Å². The van der Waals surface area contributed by atoms with E-state index >= 15 is 0 Å². The molecule has 0 saturated carbocycles. The van der Waals surface area contributed by atoms with Crippen LogP contribution < -0.4 is 5.32 Å². The standard InChI is InChI=1S/C18H30NO11P/c1-7-25-31(26-8-2)30-18-15(19-10(3)20)17(28-13(6)23)16(27-12(5)22)14(29-18)9-24-11(4)21/h14-18H,7-9H2,1-6H3,(H,19,20)/t14-,15-,16+,17-,18-/m1/s1. The predicted molar refractivity (Wildman–Crippen MR) is 105 cm³/mol. The van der Waals surface area contributed by atoms with Crippen molar-refractivity contribution in [3.63, 3.8) is 0 Å². The number of esters is 3. The van der Waals surface area contributed by atoms with Crippen molar-refractivity contribution >= 4 is 32.4 Å². The van der Waals surface area contributed by atoms with Gasteiger partial charge in [-0.3, -0.25) is 23.7 Å². The molecular weight excluding hydrogens is 437 g/mol. The summed E-state index contributed by atoms with van der Waals surface area (Å²) in [5, 5.41) is 2.60. The van der Waals surface area contributed by atoms with Gasteiger partial charge in [0.05, 0.1) is 13.2 Å². The number of rotatable bonds is 11. The monoisotopic (exact) mass is 467 g/mol. The van der Waals surface area contributed by atoms with Crippen LogP contribution in [-0.4, -0.2) is 74.3 Å². The first-order valence-electron chi connectivity index (χ1n) is 9.72. The lowest BCUT2D eigenvalue weighted by Crippen LogP contribution is -2.66. The summed E-state index contributed by atoms with van der Waals surface area (Å²) in [7, 11) is -1.88. The van der Waals surface area contributed by atoms with Crippen LogP contribution in [0.3, 0.4) is 0 Å². The van der Waals surface area contributed by atoms with E-state index in [4.69, 9.17) is 32.5 Å². The quantitative estimate of drug-likeness (QED) is 0.263. The lowest BCUT2D eigenvalue weighted by atomic mass is 9.96. The van der Waals surface area contributed by atoms with Crippen molar-refractivity contribution in [3.05, 3.63) is 0 Å². The molecular formula is C18H30NO11P. The van der Waals surface area contributed by atoms with Gasteiger partial charge in [0.25, 0.3) is 0 Å². The van der Waals surface area contributed by atoms with E-state index in [-0.39, 0.29) is 19.8 Å². The molecule has 1 rings (SSSR count). The third kappa shape index (κ3) is 9.44. The number of hydrogen-bond acceptors (Lipinski definition) is 11. The van der Waals surface area contributed by atoms with Crippen LogP contribution >= 0.6 is 8.60 Å². The molecule has 1 heterocycles. The lowest BCUT2D eigenvalue weighted by Gasteiger charge is -2.45. The van der Waals surface area contributed by atoms with Crippen LogP contribution in [0.4, 0.5) is 0 Å². The molecule has 1 amide bonds. The Hall–Kier alpha value is -1.85. The molecule has 1 saturated heterocycles. The van der Waals surface area contributed by atoms with Gasteiger partial charge in [-0.05, 0) is 13.8 Å². The minimum Gasteiger partial charge on any atom is -0.463 e. The molecule has 0 unspecified atom stereocenters. The molecule has 0 aliphatic carbocycles. The van der Waals surface area contributed by atoms with Crippen LogP contribution in [0.5, 0.6) is 0 Å². The van der Waals surface area contributed by atoms with Crippen LogP contribution in [-0.2, 0) is 51.7 Å². The van der Waals surface area contributed by atoms with Gasteiger partial charge in [-0.2, -0.15) is 0 Å². The van der Waals surface area contributed by atoms with E-state index in [1.807, 2.05) is 0 Å². The molecule has 1 aliphatic heterocycles. The van der Waals surface area contributed by atoms with Gasteiger partial charge in [0, 0.05) is 27.7 Å². The normalized spacial score (nSPS) is 25.6. The molecule has 5 atom stereocenters. The zero-order valence-electron chi connectivity index (χ0n) is 18.4. The van der Waals surface area contributed by atoms with Gasteiger partial charge >= 0.3 is 26.5 Å². The summed E-state index contributed by atoms with van der Waals surface area (Å²) in [6.07, 6.45) is -4.69. The molecule has 178 valence electrons. The Labute approximate surface area is 182 Å². The molecule has 0 aromatic carbocycles. The summed E-state index contributed by atoms with van der Waals surface area (Å²) < 4.78 is 38.2. The maximum absolute atomic E-state index is 11.9. The Kier molecular flexibility index (Phi) is 11.9. The van der Waals surface area contributed by atoms with Crippen LogP contribution in [0.2, 0.25) is 0 Å². The van der Waals surface area contributed by atoms with E-state index in [0.29, 0.717) is 0 Å². The highest BCUT2D eigenvalue weighted by Crippen LogP contribution is 2.43. The first-order chi connectivity index (χ1) is 14.6. The summed E-state index contributed by atoms with van der Waals surface area (Å²) in [6, 6.07) is -1.08. The third-order valence-corrected chi connectivity index (χ3v) is 5.05. The average Bonchev–Trinajstić information content (AvgIpc) is 2.64. The molecule has 1 N–H and O–H groups in total. The third-order valence-electron chi connectivity index (χ3n) is 3.73. The van der Waals surface area contributed by atoms with Gasteiger partial charge in [-0.15, -0.1) is 0 Å². The van der Waals surface area contributed by atoms with Gasteiger partial charge in [0.1, 0.15) is 18.8 Å². The van der Waals surface area contributed by atoms with E-state index in [0.717, 1.165) is 13.8 Å². The van der Waals surface area contributed by atoms with Gasteiger partial charge in [0.15, 0.2) is 18.5 Å². The van der Waals surface area contributed by atoms with Crippen LogP contribution in [0.25, 0.3) is 0 Å². The highest BCUT2D eigenvalue weighted by atomic mass is 31.2. The first kappa shape index (κ1) is 27.2. The zero-order chi connectivity index (χ0) is 23.6. The molecule has 12 nitrogen and oxygen atoms in total. The van der Waals surface area contributed by atoms with Crippen molar-refractivity contribution < 1.29 is 51.7 Å². The summed E-state index contributed by atoms with van der Waals surface area (Å²) in [6.45, 7) is 8.50. The van der Waals surface area contributed by atoms with Gasteiger partial charge in [0.2, 0.25) is 5.91 Å². The van der Waals surface area contributed by atoms with Crippen molar-refractivity contribution in [2.75, 3.05) is 19.8 Å². The topological polar surface area (TPSA) is 145 Å². The first-order valence-corrected chi connectivity index (χ1v) is 10.8. The molecule has 0 radical (unpaired) electrons. The Morgan fingerprint density at radius 2 is 1.42 bits per heavy atom. The largest absolute Gasteiger partial charge is 0.463 e. The molecule has 1 fully saturated rings. The number of nitrogens with one attached hydrogen (secondary N) is 1. The van der Waals surface area contributed by atoms with Crippen molar-refractivity contribution in [2.45, 2.75) is 72.2 Å². The Morgan fingerprint density at radius 1 is 0.871 bits per heavy atom. The maximum atomic E-state index is 11.9. The van der Waals surface area contributed by atoms with E-state index in [1.165, 1.54) is 13.8 Å². The SMILES string of the molecule is CCOP(OCC)O[C@H]1O[C@H](COC(C)=O)[C@H](OC(C)=O)[C@H](OC(C)=O)[C@H]1NC(C)=O. The Balaban J connectivity index is 3.33. The van der Waals surface area contributed by atoms with E-state index in [1.54, 1.807) is 13.8 Å². The number of carbonyl (C=O) groups excluding carboxylic acids is 4. The predicted octanol–water partition coefficient (Wildman–Crippen LogP) is 0.959. The second-order valence-electron chi connectivity index (χ2n) is 6.38. The molecule has 0 aromatic rings. The van der Waals surface area contributed by atoms with E-state index in [9.17, 15) is 19.2 Å². The molecule has 0 bridgehead atoms. The molecule has 0 aromatic heterocycles. The highest BCUT2D eigenvalue weighted by molar-refractivity contribution is 7.41. The van der Waals surface area contributed by atoms with Crippen LogP contribution in [0.15, 0.2) is 0 Å². The fraction of sp³-hybridized carbons (Fsp3) is 0.778. The average molecular weight is 467 g/mol. The molecule has 31 heavy (non-hydrogen) atoms. The minimum atomic E-state index is -1.88. The van der Waals surface area contributed by atoms with Crippen LogP contribution in [0.1, 0.15) is 41.5 Å². The van der Waals surface area contributed by atoms with Crippen molar-refractivity contribution in [1.29, 1.82) is 0 Å². The fourth-order valence-corrected chi connectivity index (χ4v) is 3.74. The fourth-order valence-electron chi connectivity index (χ4n) is 2.77. The summed E-state index contributed by atoms with van der Waals surface area (Å²) in [5.74, 6) is -2.45. The van der Waals surface area contributed by atoms with Gasteiger partial charge in [-0.1, -0.05) is 0 Å². The van der Waals surface area contributed by atoms with Crippen molar-refractivity contribution in [3.8, 4) is 0 Å². The van der Waals surface area contributed by atoms with Gasteiger partial charge in [-0.25, -0.2) is 0 Å². The lowest BCUT2D eigenvalue weighted by molar-refractivity contribution is -0.258. The van der Waals surface area contributed by atoms with Crippen LogP contribution in [0, 0.1) is 0 Å². The second kappa shape index (κ2) is 13.5. The Bertz CT molecular complexity index is 626. The smallest absolute Gasteiger partial charge is 0.335 e. The summed E-state index contributed by atoms with van der Waals surface area (Å²) in [4.78, 5) is 46.7. The molecule has 13 heteroatoms. The number of hydrogen-bond donors (Lipinski definition) is 1. The Morgan fingerprint density at radius 3 is 1.87 bits per heavy atom. The molecule has 1 aliphatic rings. The highest BCUT2D eigenvalue weighted by Gasteiger charge is 2.52. The number of ether oxygens (including phenoxy) is 4. The number of carbonyl (C=O) groups is 4. The number of amides is 1. The summed E-state index contributed by atoms with van der Waals surface area (Å²) >= 11 is 0. The van der Waals surface area contributed by atoms with Crippen molar-refractivity contribution in [1.82, 2.24) is 5.32 Å². The van der Waals surface area contributed by atoms with E-state index < -0.39 is 63.1 Å². The van der Waals surface area contributed by atoms with Gasteiger partial charge < -0.3 is 33.3 Å². The second-order valence-corrected chi connectivity index (χ2v) is 7.56. The zero-order valence-corrected chi connectivity index (χ0v) is 19.3.